The molecule has 150 valence electrons. The van der Waals surface area contributed by atoms with Crippen molar-refractivity contribution < 1.29 is 17.8 Å². The SMILES string of the molecule is Cc1ccc(S(=O)(=O)O)c(CC2CCC(N(C)C(=O)c3ccccc3)CC2)c1. The molecule has 0 spiro atoms. The molecule has 1 aliphatic rings. The summed E-state index contributed by atoms with van der Waals surface area (Å²) in [7, 11) is -2.36. The van der Waals surface area contributed by atoms with Gasteiger partial charge in [0.2, 0.25) is 0 Å². The number of carbonyl (C=O) groups is 1. The van der Waals surface area contributed by atoms with Crippen molar-refractivity contribution in [2.24, 2.45) is 5.92 Å². The number of rotatable bonds is 5. The highest BCUT2D eigenvalue weighted by atomic mass is 32.2. The fourth-order valence-electron chi connectivity index (χ4n) is 4.12. The van der Waals surface area contributed by atoms with Gasteiger partial charge in [0, 0.05) is 18.7 Å². The predicted molar refractivity (Wildman–Crippen MR) is 109 cm³/mol. The van der Waals surface area contributed by atoms with Gasteiger partial charge in [0.05, 0.1) is 4.90 Å². The Bertz CT molecular complexity index is 932. The minimum Gasteiger partial charge on any atom is -0.339 e. The molecule has 2 aromatic rings. The molecule has 0 unspecified atom stereocenters. The summed E-state index contributed by atoms with van der Waals surface area (Å²) in [6.07, 6.45) is 4.27. The van der Waals surface area contributed by atoms with Crippen LogP contribution in [-0.4, -0.2) is 36.9 Å². The molecule has 1 aliphatic carbocycles. The van der Waals surface area contributed by atoms with Crippen molar-refractivity contribution in [2.45, 2.75) is 50.0 Å². The lowest BCUT2D eigenvalue weighted by molar-refractivity contribution is 0.0675. The zero-order valence-electron chi connectivity index (χ0n) is 16.3. The molecule has 1 amide bonds. The van der Waals surface area contributed by atoms with E-state index in [0.29, 0.717) is 23.5 Å². The first kappa shape index (κ1) is 20.6. The first-order chi connectivity index (χ1) is 13.3. The molecule has 2 aromatic carbocycles. The van der Waals surface area contributed by atoms with Gasteiger partial charge < -0.3 is 4.90 Å². The van der Waals surface area contributed by atoms with Crippen LogP contribution >= 0.6 is 0 Å². The maximum absolute atomic E-state index is 12.6. The molecule has 0 aromatic heterocycles. The highest BCUT2D eigenvalue weighted by Crippen LogP contribution is 2.32. The van der Waals surface area contributed by atoms with Crippen LogP contribution in [0.1, 0.15) is 47.2 Å². The molecule has 3 rings (SSSR count). The van der Waals surface area contributed by atoms with Crippen molar-refractivity contribution >= 4 is 16.0 Å². The molecule has 6 heteroatoms. The smallest absolute Gasteiger partial charge is 0.294 e. The third-order valence-electron chi connectivity index (χ3n) is 5.71. The lowest BCUT2D eigenvalue weighted by Gasteiger charge is -2.35. The monoisotopic (exact) mass is 401 g/mol. The van der Waals surface area contributed by atoms with Crippen LogP contribution in [0.15, 0.2) is 53.4 Å². The van der Waals surface area contributed by atoms with Gasteiger partial charge in [0.25, 0.3) is 16.0 Å². The van der Waals surface area contributed by atoms with Gasteiger partial charge in [-0.05, 0) is 68.7 Å². The summed E-state index contributed by atoms with van der Waals surface area (Å²) in [6.45, 7) is 1.92. The summed E-state index contributed by atoms with van der Waals surface area (Å²) in [6, 6.07) is 14.5. The number of aryl methyl sites for hydroxylation is 1. The van der Waals surface area contributed by atoms with E-state index in [1.165, 1.54) is 6.07 Å². The van der Waals surface area contributed by atoms with Crippen LogP contribution in [0.2, 0.25) is 0 Å². The van der Waals surface area contributed by atoms with Gasteiger partial charge in [-0.3, -0.25) is 9.35 Å². The molecule has 1 saturated carbocycles. The van der Waals surface area contributed by atoms with E-state index in [1.54, 1.807) is 6.07 Å². The molecule has 1 fully saturated rings. The van der Waals surface area contributed by atoms with Crippen LogP contribution in [0.4, 0.5) is 0 Å². The van der Waals surface area contributed by atoms with Gasteiger partial charge in [-0.15, -0.1) is 0 Å². The van der Waals surface area contributed by atoms with E-state index in [2.05, 4.69) is 0 Å². The number of hydrogen-bond donors (Lipinski definition) is 1. The number of benzene rings is 2. The van der Waals surface area contributed by atoms with E-state index in [-0.39, 0.29) is 16.8 Å². The zero-order valence-corrected chi connectivity index (χ0v) is 17.2. The predicted octanol–water partition coefficient (Wildman–Crippen LogP) is 4.12. The van der Waals surface area contributed by atoms with Crippen molar-refractivity contribution in [1.82, 2.24) is 4.90 Å². The van der Waals surface area contributed by atoms with Gasteiger partial charge in [-0.25, -0.2) is 0 Å². The molecule has 5 nitrogen and oxygen atoms in total. The van der Waals surface area contributed by atoms with Crippen molar-refractivity contribution in [3.8, 4) is 0 Å². The third kappa shape index (κ3) is 4.80. The van der Waals surface area contributed by atoms with E-state index >= 15 is 0 Å². The van der Waals surface area contributed by atoms with E-state index in [0.717, 1.165) is 31.2 Å². The summed E-state index contributed by atoms with van der Waals surface area (Å²) >= 11 is 0. The number of amides is 1. The second kappa shape index (κ2) is 8.45. The molecule has 28 heavy (non-hydrogen) atoms. The Kier molecular flexibility index (Phi) is 6.20. The van der Waals surface area contributed by atoms with Crippen molar-refractivity contribution in [1.29, 1.82) is 0 Å². The summed E-state index contributed by atoms with van der Waals surface area (Å²) in [5.74, 6) is 0.384. The maximum atomic E-state index is 12.6. The second-order valence-corrected chi connectivity index (χ2v) is 9.14. The van der Waals surface area contributed by atoms with Crippen molar-refractivity contribution in [3.63, 3.8) is 0 Å². The van der Waals surface area contributed by atoms with Crippen molar-refractivity contribution in [2.75, 3.05) is 7.05 Å². The third-order valence-corrected chi connectivity index (χ3v) is 6.66. The highest BCUT2D eigenvalue weighted by molar-refractivity contribution is 7.85. The Balaban J connectivity index is 1.64. The molecule has 0 atom stereocenters. The Hall–Kier alpha value is -2.18. The van der Waals surface area contributed by atoms with E-state index in [4.69, 9.17) is 0 Å². The zero-order chi connectivity index (χ0) is 20.3. The number of hydrogen-bond acceptors (Lipinski definition) is 3. The maximum Gasteiger partial charge on any atom is 0.294 e. The van der Waals surface area contributed by atoms with Gasteiger partial charge in [0.1, 0.15) is 0 Å². The second-order valence-electron chi connectivity index (χ2n) is 7.75. The molecule has 0 aliphatic heterocycles. The van der Waals surface area contributed by atoms with Gasteiger partial charge in [-0.2, -0.15) is 8.42 Å². The standard InChI is InChI=1S/C22H27NO4S/c1-16-8-13-21(28(25,26)27)19(14-16)15-17-9-11-20(12-10-17)23(2)22(24)18-6-4-3-5-7-18/h3-8,13-14,17,20H,9-12,15H2,1-2H3,(H,25,26,27). The van der Waals surface area contributed by atoms with Crippen LogP contribution in [0, 0.1) is 12.8 Å². The molecule has 0 heterocycles. The van der Waals surface area contributed by atoms with Crippen LogP contribution < -0.4 is 0 Å². The summed E-state index contributed by atoms with van der Waals surface area (Å²) in [5, 5.41) is 0. The molecular formula is C22H27NO4S. The molecule has 1 N–H and O–H groups in total. The minimum atomic E-state index is -4.22. The lowest BCUT2D eigenvalue weighted by atomic mass is 9.81. The number of nitrogens with zero attached hydrogens (tertiary/aromatic N) is 1. The minimum absolute atomic E-state index is 0.0107. The normalized spacial score (nSPS) is 20.0. The summed E-state index contributed by atoms with van der Waals surface area (Å²) in [4.78, 5) is 14.5. The first-order valence-electron chi connectivity index (χ1n) is 9.65. The molecule has 0 bridgehead atoms. The Morgan fingerprint density at radius 1 is 1.07 bits per heavy atom. The largest absolute Gasteiger partial charge is 0.339 e. The van der Waals surface area contributed by atoms with E-state index in [1.807, 2.05) is 55.3 Å². The Morgan fingerprint density at radius 2 is 1.71 bits per heavy atom. The van der Waals surface area contributed by atoms with Crippen LogP contribution in [0.25, 0.3) is 0 Å². The number of carbonyl (C=O) groups excluding carboxylic acids is 1. The fourth-order valence-corrected chi connectivity index (χ4v) is 4.83. The highest BCUT2D eigenvalue weighted by Gasteiger charge is 2.28. The summed E-state index contributed by atoms with van der Waals surface area (Å²) < 4.78 is 32.8. The molecular weight excluding hydrogens is 374 g/mol. The van der Waals surface area contributed by atoms with Crippen LogP contribution in [-0.2, 0) is 16.5 Å². The van der Waals surface area contributed by atoms with E-state index in [9.17, 15) is 17.8 Å². The average molecular weight is 402 g/mol. The first-order valence-corrected chi connectivity index (χ1v) is 11.1. The van der Waals surface area contributed by atoms with Gasteiger partial charge in [0.15, 0.2) is 0 Å². The quantitative estimate of drug-likeness (QED) is 0.765. The van der Waals surface area contributed by atoms with E-state index < -0.39 is 10.1 Å². The summed E-state index contributed by atoms with van der Waals surface area (Å²) in [5.41, 5.74) is 2.36. The van der Waals surface area contributed by atoms with Gasteiger partial charge in [-0.1, -0.05) is 35.9 Å². The molecule has 0 saturated heterocycles. The lowest BCUT2D eigenvalue weighted by Crippen LogP contribution is -2.39. The molecule has 0 radical (unpaired) electrons. The average Bonchev–Trinajstić information content (AvgIpc) is 2.67. The van der Waals surface area contributed by atoms with Crippen LogP contribution in [0.5, 0.6) is 0 Å². The fraction of sp³-hybridized carbons (Fsp3) is 0.409. The van der Waals surface area contributed by atoms with Crippen LogP contribution in [0.3, 0.4) is 0 Å². The Labute approximate surface area is 167 Å². The topological polar surface area (TPSA) is 74.7 Å². The Morgan fingerprint density at radius 3 is 2.32 bits per heavy atom. The van der Waals surface area contributed by atoms with Gasteiger partial charge >= 0.3 is 0 Å². The van der Waals surface area contributed by atoms with Crippen molar-refractivity contribution in [3.05, 3.63) is 65.2 Å².